The molecular weight excluding hydrogens is 229 g/mol. The van der Waals surface area contributed by atoms with E-state index in [0.29, 0.717) is 17.2 Å². The minimum atomic E-state index is -0.631. The van der Waals surface area contributed by atoms with E-state index in [4.69, 9.17) is 0 Å². The van der Waals surface area contributed by atoms with Gasteiger partial charge >= 0.3 is 0 Å². The Kier molecular flexibility index (Phi) is 3.91. The molecule has 1 saturated carbocycles. The predicted molar refractivity (Wildman–Crippen MR) is 72.4 cm³/mol. The second-order valence-electron chi connectivity index (χ2n) is 5.26. The van der Waals surface area contributed by atoms with Crippen molar-refractivity contribution in [3.8, 4) is 0 Å². The van der Waals surface area contributed by atoms with Gasteiger partial charge in [0.05, 0.1) is 6.10 Å². The first-order chi connectivity index (χ1) is 8.54. The van der Waals surface area contributed by atoms with Gasteiger partial charge < -0.3 is 10.0 Å². The lowest BCUT2D eigenvalue weighted by Crippen LogP contribution is -2.28. The third-order valence-corrected chi connectivity index (χ3v) is 3.52. The van der Waals surface area contributed by atoms with Gasteiger partial charge in [-0.1, -0.05) is 6.92 Å². The van der Waals surface area contributed by atoms with Crippen molar-refractivity contribution < 1.29 is 9.50 Å². The van der Waals surface area contributed by atoms with Crippen LogP contribution in [0.4, 0.5) is 10.1 Å². The van der Waals surface area contributed by atoms with Gasteiger partial charge in [-0.05, 0) is 50.8 Å². The molecule has 1 atom stereocenters. The molecule has 0 aromatic heterocycles. The quantitative estimate of drug-likeness (QED) is 0.864. The summed E-state index contributed by atoms with van der Waals surface area (Å²) in [5, 5.41) is 9.85. The molecule has 18 heavy (non-hydrogen) atoms. The second kappa shape index (κ2) is 5.27. The van der Waals surface area contributed by atoms with Crippen molar-refractivity contribution in [1.29, 1.82) is 0 Å². The number of hydrogen-bond donors (Lipinski definition) is 1. The van der Waals surface area contributed by atoms with Crippen molar-refractivity contribution in [2.24, 2.45) is 0 Å². The average molecular weight is 251 g/mol. The molecule has 1 fully saturated rings. The van der Waals surface area contributed by atoms with Gasteiger partial charge in [0.15, 0.2) is 0 Å². The van der Waals surface area contributed by atoms with E-state index in [1.165, 1.54) is 18.9 Å². The van der Waals surface area contributed by atoms with Gasteiger partial charge in [0.2, 0.25) is 0 Å². The Morgan fingerprint density at radius 1 is 1.44 bits per heavy atom. The summed E-state index contributed by atoms with van der Waals surface area (Å²) in [6.45, 7) is 6.59. The number of aryl methyl sites for hydroxylation is 1. The lowest BCUT2D eigenvalue weighted by atomic mass is 10.0. The second-order valence-corrected chi connectivity index (χ2v) is 5.26. The summed E-state index contributed by atoms with van der Waals surface area (Å²) < 4.78 is 13.7. The highest BCUT2D eigenvalue weighted by atomic mass is 19.1. The van der Waals surface area contributed by atoms with Crippen LogP contribution in [-0.2, 0) is 0 Å². The Labute approximate surface area is 108 Å². The largest absolute Gasteiger partial charge is 0.389 e. The lowest BCUT2D eigenvalue weighted by Gasteiger charge is -2.28. The summed E-state index contributed by atoms with van der Waals surface area (Å²) in [5.74, 6) is -0.234. The number of rotatable bonds is 5. The Bertz CT molecular complexity index is 427. The fraction of sp³-hybridized carbons (Fsp3) is 0.600. The van der Waals surface area contributed by atoms with Gasteiger partial charge in [-0.15, -0.1) is 0 Å². The van der Waals surface area contributed by atoms with Crippen molar-refractivity contribution >= 4 is 5.69 Å². The Morgan fingerprint density at radius 3 is 2.61 bits per heavy atom. The molecule has 2 rings (SSSR count). The van der Waals surface area contributed by atoms with Crippen LogP contribution in [0.5, 0.6) is 0 Å². The smallest absolute Gasteiger partial charge is 0.126 e. The van der Waals surface area contributed by atoms with Crippen LogP contribution in [0.1, 0.15) is 50.3 Å². The molecule has 0 unspecified atom stereocenters. The van der Waals surface area contributed by atoms with Crippen molar-refractivity contribution in [2.75, 3.05) is 11.4 Å². The molecule has 0 radical (unpaired) electrons. The topological polar surface area (TPSA) is 23.5 Å². The van der Waals surface area contributed by atoms with Crippen LogP contribution in [0.25, 0.3) is 0 Å². The van der Waals surface area contributed by atoms with Crippen molar-refractivity contribution in [3.63, 3.8) is 0 Å². The minimum absolute atomic E-state index is 0.234. The first kappa shape index (κ1) is 13.3. The zero-order valence-corrected chi connectivity index (χ0v) is 11.4. The van der Waals surface area contributed by atoms with E-state index < -0.39 is 6.10 Å². The standard InChI is InChI=1S/C15H22FNO/c1-4-7-17(12-5-6-12)15-8-10(2)14(16)9-13(15)11(3)18/h8-9,11-12,18H,4-7H2,1-3H3/t11-/m0/s1. The molecule has 0 saturated heterocycles. The maximum Gasteiger partial charge on any atom is 0.126 e. The van der Waals surface area contributed by atoms with Gasteiger partial charge in [0.25, 0.3) is 0 Å². The Balaban J connectivity index is 2.42. The number of hydrogen-bond acceptors (Lipinski definition) is 2. The fourth-order valence-electron chi connectivity index (χ4n) is 2.39. The van der Waals surface area contributed by atoms with E-state index in [9.17, 15) is 9.50 Å². The van der Waals surface area contributed by atoms with Crippen LogP contribution in [0, 0.1) is 12.7 Å². The number of halogens is 1. The van der Waals surface area contributed by atoms with Crippen molar-refractivity contribution in [3.05, 3.63) is 29.1 Å². The highest BCUT2D eigenvalue weighted by Gasteiger charge is 2.30. The first-order valence-corrected chi connectivity index (χ1v) is 6.79. The monoisotopic (exact) mass is 251 g/mol. The summed E-state index contributed by atoms with van der Waals surface area (Å²) in [6, 6.07) is 3.94. The summed E-state index contributed by atoms with van der Waals surface area (Å²) in [5.41, 5.74) is 2.36. The van der Waals surface area contributed by atoms with E-state index in [-0.39, 0.29) is 5.82 Å². The average Bonchev–Trinajstić information content (AvgIpc) is 3.13. The minimum Gasteiger partial charge on any atom is -0.389 e. The van der Waals surface area contributed by atoms with Crippen LogP contribution >= 0.6 is 0 Å². The third kappa shape index (κ3) is 2.66. The molecule has 1 aromatic carbocycles. The molecule has 100 valence electrons. The number of aliphatic hydroxyl groups is 1. The molecule has 0 amide bonds. The zero-order chi connectivity index (χ0) is 13.3. The first-order valence-electron chi connectivity index (χ1n) is 6.79. The predicted octanol–water partition coefficient (Wildman–Crippen LogP) is 3.57. The zero-order valence-electron chi connectivity index (χ0n) is 11.4. The SMILES string of the molecule is CCCN(c1cc(C)c(F)cc1[C@H](C)O)C1CC1. The maximum absolute atomic E-state index is 13.7. The van der Waals surface area contributed by atoms with Crippen molar-refractivity contribution in [1.82, 2.24) is 0 Å². The highest BCUT2D eigenvalue weighted by molar-refractivity contribution is 5.58. The molecule has 3 heteroatoms. The summed E-state index contributed by atoms with van der Waals surface area (Å²) in [6.07, 6.45) is 2.84. The van der Waals surface area contributed by atoms with Crippen LogP contribution in [0.3, 0.4) is 0 Å². The maximum atomic E-state index is 13.7. The van der Waals surface area contributed by atoms with Crippen LogP contribution < -0.4 is 4.90 Å². The molecule has 0 bridgehead atoms. The Morgan fingerprint density at radius 2 is 2.11 bits per heavy atom. The molecule has 2 nitrogen and oxygen atoms in total. The lowest BCUT2D eigenvalue weighted by molar-refractivity contribution is 0.199. The summed E-state index contributed by atoms with van der Waals surface area (Å²) in [4.78, 5) is 2.33. The molecule has 0 aliphatic heterocycles. The van der Waals surface area contributed by atoms with Gasteiger partial charge in [0.1, 0.15) is 5.82 Å². The van der Waals surface area contributed by atoms with Gasteiger partial charge in [0, 0.05) is 23.8 Å². The van der Waals surface area contributed by atoms with Gasteiger partial charge in [-0.2, -0.15) is 0 Å². The number of aliphatic hydroxyl groups excluding tert-OH is 1. The van der Waals surface area contributed by atoms with Gasteiger partial charge in [-0.3, -0.25) is 0 Å². The summed E-state index contributed by atoms with van der Waals surface area (Å²) in [7, 11) is 0. The van der Waals surface area contributed by atoms with Crippen molar-refractivity contribution in [2.45, 2.75) is 52.2 Å². The third-order valence-electron chi connectivity index (χ3n) is 3.52. The number of benzene rings is 1. The molecule has 1 aliphatic rings. The van der Waals surface area contributed by atoms with Crippen LogP contribution in [0.15, 0.2) is 12.1 Å². The molecular formula is C15H22FNO. The Hall–Kier alpha value is -1.09. The molecule has 1 aliphatic carbocycles. The van der Waals surface area contributed by atoms with Crippen LogP contribution in [0.2, 0.25) is 0 Å². The highest BCUT2D eigenvalue weighted by Crippen LogP contribution is 2.37. The number of nitrogens with zero attached hydrogens (tertiary/aromatic N) is 1. The van der Waals surface area contributed by atoms with Crippen LogP contribution in [-0.4, -0.2) is 17.7 Å². The van der Waals surface area contributed by atoms with Gasteiger partial charge in [-0.25, -0.2) is 4.39 Å². The number of anilines is 1. The molecule has 1 N–H and O–H groups in total. The van der Waals surface area contributed by atoms with E-state index >= 15 is 0 Å². The summed E-state index contributed by atoms with van der Waals surface area (Å²) >= 11 is 0. The molecule has 0 spiro atoms. The van der Waals surface area contributed by atoms with E-state index in [2.05, 4.69) is 11.8 Å². The van der Waals surface area contributed by atoms with E-state index in [1.54, 1.807) is 13.8 Å². The normalized spacial score (nSPS) is 16.7. The molecule has 0 heterocycles. The van der Waals surface area contributed by atoms with E-state index in [0.717, 1.165) is 18.7 Å². The van der Waals surface area contributed by atoms with E-state index in [1.807, 2.05) is 6.07 Å². The fourth-order valence-corrected chi connectivity index (χ4v) is 2.39. The molecule has 1 aromatic rings.